The van der Waals surface area contributed by atoms with Crippen LogP contribution < -0.4 is 5.32 Å². The molecule has 1 saturated heterocycles. The Balaban J connectivity index is 0.00000108. The molecule has 4 nitrogen and oxygen atoms in total. The molecule has 3 rings (SSSR count). The van der Waals surface area contributed by atoms with Crippen molar-refractivity contribution in [3.05, 3.63) is 18.0 Å². The lowest BCUT2D eigenvalue weighted by atomic mass is 9.96. The number of hydrogen-bond donors (Lipinski definition) is 1. The Kier molecular flexibility index (Phi) is 4.48. The van der Waals surface area contributed by atoms with Crippen LogP contribution in [0.1, 0.15) is 24.5 Å². The van der Waals surface area contributed by atoms with Gasteiger partial charge in [-0.15, -0.1) is 24.2 Å². The molecule has 2 aliphatic heterocycles. The highest BCUT2D eigenvalue weighted by Gasteiger charge is 2.21. The van der Waals surface area contributed by atoms with Gasteiger partial charge < -0.3 is 5.32 Å². The Bertz CT molecular complexity index is 398. The SMILES string of the molecule is Cl.c1cc([C@H]2CCCNC2)n(C2=NCSC2)n1. The first-order chi connectivity index (χ1) is 7.95. The number of aromatic nitrogens is 2. The van der Waals surface area contributed by atoms with Crippen molar-refractivity contribution in [2.45, 2.75) is 18.8 Å². The van der Waals surface area contributed by atoms with Gasteiger partial charge in [0.1, 0.15) is 5.84 Å². The van der Waals surface area contributed by atoms with Crippen LogP contribution in [0.2, 0.25) is 0 Å². The Labute approximate surface area is 112 Å². The fraction of sp³-hybridized carbons (Fsp3) is 0.636. The summed E-state index contributed by atoms with van der Waals surface area (Å²) in [5.41, 5.74) is 1.33. The molecule has 2 aliphatic rings. The van der Waals surface area contributed by atoms with Crippen molar-refractivity contribution in [1.82, 2.24) is 15.1 Å². The number of hydrogen-bond acceptors (Lipinski definition) is 4. The molecule has 0 radical (unpaired) electrons. The zero-order valence-electron chi connectivity index (χ0n) is 9.63. The minimum atomic E-state index is 0. The van der Waals surface area contributed by atoms with Crippen LogP contribution in [0.15, 0.2) is 17.3 Å². The zero-order chi connectivity index (χ0) is 10.8. The monoisotopic (exact) mass is 272 g/mol. The van der Waals surface area contributed by atoms with Crippen LogP contribution in [-0.2, 0) is 0 Å². The second-order valence-corrected chi connectivity index (χ2v) is 5.22. The Hall–Kier alpha value is -0.520. The van der Waals surface area contributed by atoms with Crippen LogP contribution in [0, 0.1) is 0 Å². The molecular weight excluding hydrogens is 256 g/mol. The summed E-state index contributed by atoms with van der Waals surface area (Å²) in [5.74, 6) is 3.60. The maximum atomic E-state index is 4.49. The smallest absolute Gasteiger partial charge is 0.136 e. The van der Waals surface area contributed by atoms with Crippen LogP contribution in [0.25, 0.3) is 0 Å². The molecule has 3 heterocycles. The largest absolute Gasteiger partial charge is 0.316 e. The van der Waals surface area contributed by atoms with Crippen molar-refractivity contribution in [2.24, 2.45) is 4.99 Å². The molecule has 0 saturated carbocycles. The first-order valence-electron chi connectivity index (χ1n) is 5.81. The third-order valence-corrected chi connectivity index (χ3v) is 3.98. The number of nitrogens with zero attached hydrogens (tertiary/aromatic N) is 3. The molecule has 6 heteroatoms. The maximum Gasteiger partial charge on any atom is 0.136 e. The molecule has 0 aliphatic carbocycles. The van der Waals surface area contributed by atoms with E-state index in [-0.39, 0.29) is 12.4 Å². The average Bonchev–Trinajstić information content (AvgIpc) is 3.01. The van der Waals surface area contributed by atoms with Gasteiger partial charge in [0.15, 0.2) is 0 Å². The predicted molar refractivity (Wildman–Crippen MR) is 74.5 cm³/mol. The standard InChI is InChI=1S/C11H16N4S.ClH/c1-2-9(6-12-4-1)10-3-5-14-15(10)11-7-16-8-13-11;/h3,5,9,12H,1-2,4,6-8H2;1H/t9-;/m0./s1. The van der Waals surface area contributed by atoms with Crippen molar-refractivity contribution in [3.8, 4) is 0 Å². The topological polar surface area (TPSA) is 42.2 Å². The van der Waals surface area contributed by atoms with E-state index in [2.05, 4.69) is 26.2 Å². The number of aliphatic imine (C=N–C) groups is 1. The molecule has 0 unspecified atom stereocenters. The second kappa shape index (κ2) is 5.89. The zero-order valence-corrected chi connectivity index (χ0v) is 11.3. The summed E-state index contributed by atoms with van der Waals surface area (Å²) in [6, 6.07) is 2.14. The van der Waals surface area contributed by atoms with Gasteiger partial charge in [-0.25, -0.2) is 4.68 Å². The first-order valence-corrected chi connectivity index (χ1v) is 6.97. The van der Waals surface area contributed by atoms with E-state index in [9.17, 15) is 0 Å². The number of nitrogens with one attached hydrogen (secondary N) is 1. The third kappa shape index (κ3) is 2.67. The van der Waals surface area contributed by atoms with Gasteiger partial charge in [0, 0.05) is 18.7 Å². The van der Waals surface area contributed by atoms with Gasteiger partial charge in [-0.3, -0.25) is 4.99 Å². The van der Waals surface area contributed by atoms with E-state index in [1.54, 1.807) is 0 Å². The molecule has 0 aromatic carbocycles. The number of thioether (sulfide) groups is 1. The molecule has 1 N–H and O–H groups in total. The van der Waals surface area contributed by atoms with Crippen LogP contribution in [0.3, 0.4) is 0 Å². The number of halogens is 1. The van der Waals surface area contributed by atoms with E-state index in [1.165, 1.54) is 18.5 Å². The van der Waals surface area contributed by atoms with Crippen LogP contribution in [0.5, 0.6) is 0 Å². The van der Waals surface area contributed by atoms with Crippen molar-refractivity contribution < 1.29 is 0 Å². The summed E-state index contributed by atoms with van der Waals surface area (Å²) >= 11 is 1.86. The molecule has 1 atom stereocenters. The quantitative estimate of drug-likeness (QED) is 0.847. The lowest BCUT2D eigenvalue weighted by Crippen LogP contribution is -2.31. The van der Waals surface area contributed by atoms with Crippen LogP contribution in [-0.4, -0.2) is 40.3 Å². The number of rotatable bonds is 1. The average molecular weight is 273 g/mol. The van der Waals surface area contributed by atoms with E-state index in [0.29, 0.717) is 5.92 Å². The fourth-order valence-electron chi connectivity index (χ4n) is 2.37. The van der Waals surface area contributed by atoms with Crippen molar-refractivity contribution in [2.75, 3.05) is 24.7 Å². The highest BCUT2D eigenvalue weighted by molar-refractivity contribution is 8.00. The van der Waals surface area contributed by atoms with Gasteiger partial charge in [0.05, 0.1) is 17.3 Å². The molecule has 0 bridgehead atoms. The maximum absolute atomic E-state index is 4.49. The Morgan fingerprint density at radius 1 is 1.47 bits per heavy atom. The third-order valence-electron chi connectivity index (χ3n) is 3.20. The summed E-state index contributed by atoms with van der Waals surface area (Å²) in [4.78, 5) is 4.49. The van der Waals surface area contributed by atoms with Gasteiger partial charge in [0.25, 0.3) is 0 Å². The predicted octanol–water partition coefficient (Wildman–Crippen LogP) is 1.72. The number of piperidine rings is 1. The molecule has 0 amide bonds. The minimum absolute atomic E-state index is 0. The molecule has 17 heavy (non-hydrogen) atoms. The second-order valence-electron chi connectivity index (χ2n) is 4.26. The first kappa shape index (κ1) is 12.9. The van der Waals surface area contributed by atoms with Crippen molar-refractivity contribution in [3.63, 3.8) is 0 Å². The lowest BCUT2D eigenvalue weighted by molar-refractivity contribution is 0.449. The van der Waals surface area contributed by atoms with E-state index in [4.69, 9.17) is 0 Å². The Morgan fingerprint density at radius 2 is 2.41 bits per heavy atom. The van der Waals surface area contributed by atoms with E-state index in [1.807, 2.05) is 18.0 Å². The van der Waals surface area contributed by atoms with Gasteiger partial charge in [-0.2, -0.15) is 5.10 Å². The summed E-state index contributed by atoms with van der Waals surface area (Å²) in [5, 5.41) is 7.87. The van der Waals surface area contributed by atoms with E-state index in [0.717, 1.165) is 30.6 Å². The van der Waals surface area contributed by atoms with E-state index >= 15 is 0 Å². The van der Waals surface area contributed by atoms with E-state index < -0.39 is 0 Å². The minimum Gasteiger partial charge on any atom is -0.316 e. The molecule has 94 valence electrons. The van der Waals surface area contributed by atoms with Gasteiger partial charge in [-0.05, 0) is 25.5 Å². The van der Waals surface area contributed by atoms with Crippen LogP contribution in [0.4, 0.5) is 0 Å². The van der Waals surface area contributed by atoms with Gasteiger partial charge in [0.2, 0.25) is 0 Å². The normalized spacial score (nSPS) is 24.2. The molecule has 0 spiro atoms. The van der Waals surface area contributed by atoms with Crippen LogP contribution >= 0.6 is 24.2 Å². The summed E-state index contributed by atoms with van der Waals surface area (Å²) in [6.07, 6.45) is 4.42. The lowest BCUT2D eigenvalue weighted by Gasteiger charge is -2.23. The molecule has 1 fully saturated rings. The summed E-state index contributed by atoms with van der Waals surface area (Å²) in [6.45, 7) is 2.23. The summed E-state index contributed by atoms with van der Waals surface area (Å²) < 4.78 is 2.05. The summed E-state index contributed by atoms with van der Waals surface area (Å²) in [7, 11) is 0. The molecular formula is C11H17ClN4S. The molecule has 1 aromatic rings. The van der Waals surface area contributed by atoms with Gasteiger partial charge in [-0.1, -0.05) is 0 Å². The molecule has 1 aromatic heterocycles. The fourth-order valence-corrected chi connectivity index (χ4v) is 3.10. The Morgan fingerprint density at radius 3 is 3.12 bits per heavy atom. The highest BCUT2D eigenvalue weighted by atomic mass is 35.5. The van der Waals surface area contributed by atoms with Crippen molar-refractivity contribution >= 4 is 30.0 Å². The van der Waals surface area contributed by atoms with Gasteiger partial charge >= 0.3 is 0 Å². The highest BCUT2D eigenvalue weighted by Crippen LogP contribution is 2.24. The van der Waals surface area contributed by atoms with Crippen molar-refractivity contribution in [1.29, 1.82) is 0 Å².